The Labute approximate surface area is 137 Å². The Morgan fingerprint density at radius 1 is 1.22 bits per heavy atom. The summed E-state index contributed by atoms with van der Waals surface area (Å²) in [4.78, 5) is 6.41. The Kier molecular flexibility index (Phi) is 4.64. The highest BCUT2D eigenvalue weighted by molar-refractivity contribution is 5.31. The number of rotatable bonds is 5. The monoisotopic (exact) mass is 312 g/mol. The molecule has 0 bridgehead atoms. The summed E-state index contributed by atoms with van der Waals surface area (Å²) >= 11 is 0. The summed E-state index contributed by atoms with van der Waals surface area (Å²) < 4.78 is 5.86. The lowest BCUT2D eigenvalue weighted by Gasteiger charge is -2.24. The molecule has 1 aliphatic rings. The molecule has 0 radical (unpaired) electrons. The number of hydrogen-bond donors (Lipinski definition) is 1. The molecule has 122 valence electrons. The van der Waals surface area contributed by atoms with Gasteiger partial charge < -0.3 is 9.84 Å². The zero-order valence-corrected chi connectivity index (χ0v) is 13.8. The van der Waals surface area contributed by atoms with Crippen LogP contribution in [0, 0.1) is 13.8 Å². The maximum atomic E-state index is 10.8. The largest absolute Gasteiger partial charge is 0.490 e. The van der Waals surface area contributed by atoms with E-state index in [9.17, 15) is 5.11 Å². The Hall–Kier alpha value is -1.91. The number of aliphatic hydroxyl groups is 1. The topological polar surface area (TPSA) is 45.6 Å². The first kappa shape index (κ1) is 16.0. The number of hydrogen-bond acceptors (Lipinski definition) is 4. The summed E-state index contributed by atoms with van der Waals surface area (Å²) in [5.74, 6) is 0.851. The molecule has 1 aromatic carbocycles. The van der Waals surface area contributed by atoms with Gasteiger partial charge in [-0.1, -0.05) is 18.2 Å². The van der Waals surface area contributed by atoms with Gasteiger partial charge in [0, 0.05) is 32.0 Å². The highest BCUT2D eigenvalue weighted by Gasteiger charge is 2.37. The fraction of sp³-hybridized carbons (Fsp3) is 0.421. The van der Waals surface area contributed by atoms with Crippen molar-refractivity contribution in [2.75, 3.05) is 19.7 Å². The van der Waals surface area contributed by atoms with Crippen LogP contribution in [0.4, 0.5) is 0 Å². The molecule has 1 fully saturated rings. The van der Waals surface area contributed by atoms with Crippen LogP contribution in [0.1, 0.15) is 23.1 Å². The van der Waals surface area contributed by atoms with Crippen LogP contribution in [0.15, 0.2) is 42.7 Å². The number of para-hydroxylation sites is 1. The minimum Gasteiger partial charge on any atom is -0.490 e. The van der Waals surface area contributed by atoms with Crippen LogP contribution >= 0.6 is 0 Å². The number of pyridine rings is 1. The number of aromatic nitrogens is 1. The molecule has 2 heterocycles. The number of aryl methyl sites for hydroxylation is 2. The van der Waals surface area contributed by atoms with E-state index in [1.165, 1.54) is 11.1 Å². The van der Waals surface area contributed by atoms with Crippen molar-refractivity contribution in [3.8, 4) is 5.75 Å². The summed E-state index contributed by atoms with van der Waals surface area (Å²) in [6, 6.07) is 9.97. The lowest BCUT2D eigenvalue weighted by Crippen LogP contribution is -2.39. The van der Waals surface area contributed by atoms with Crippen molar-refractivity contribution in [3.05, 3.63) is 59.4 Å². The summed E-state index contributed by atoms with van der Waals surface area (Å²) in [5.41, 5.74) is 2.78. The van der Waals surface area contributed by atoms with Crippen molar-refractivity contribution in [1.82, 2.24) is 9.88 Å². The van der Waals surface area contributed by atoms with Crippen molar-refractivity contribution in [2.45, 2.75) is 32.4 Å². The molecule has 1 N–H and O–H groups in total. The number of ether oxygens (including phenoxy) is 1. The smallest absolute Gasteiger partial charge is 0.122 e. The van der Waals surface area contributed by atoms with E-state index in [0.717, 1.165) is 30.8 Å². The van der Waals surface area contributed by atoms with Gasteiger partial charge in [-0.2, -0.15) is 0 Å². The van der Waals surface area contributed by atoms with E-state index < -0.39 is 5.60 Å². The number of benzene rings is 1. The van der Waals surface area contributed by atoms with Gasteiger partial charge in [0.15, 0.2) is 0 Å². The van der Waals surface area contributed by atoms with Crippen molar-refractivity contribution in [1.29, 1.82) is 0 Å². The van der Waals surface area contributed by atoms with Crippen LogP contribution in [0.5, 0.6) is 5.75 Å². The van der Waals surface area contributed by atoms with Crippen LogP contribution in [0.25, 0.3) is 0 Å². The van der Waals surface area contributed by atoms with Gasteiger partial charge in [0.05, 0.1) is 0 Å². The number of nitrogens with zero attached hydrogens (tertiary/aromatic N) is 2. The third-order valence-electron chi connectivity index (χ3n) is 4.53. The average molecular weight is 312 g/mol. The van der Waals surface area contributed by atoms with Crippen molar-refractivity contribution < 1.29 is 9.84 Å². The van der Waals surface area contributed by atoms with Crippen molar-refractivity contribution >= 4 is 0 Å². The highest BCUT2D eigenvalue weighted by Crippen LogP contribution is 2.26. The normalized spacial score (nSPS) is 21.5. The summed E-state index contributed by atoms with van der Waals surface area (Å²) in [7, 11) is 0. The Morgan fingerprint density at radius 2 is 2.04 bits per heavy atom. The minimum atomic E-state index is -0.775. The standard InChI is InChI=1S/C19H24N2O2/c1-15-5-3-4-6-18(15)23-14-19(22)8-10-21(13-19)12-17-7-9-20-11-16(17)2/h3-7,9,11,22H,8,10,12-14H2,1-2H3/t19-/m0/s1. The molecule has 1 saturated heterocycles. The Bertz CT molecular complexity index is 674. The third-order valence-corrected chi connectivity index (χ3v) is 4.53. The van der Waals surface area contributed by atoms with Gasteiger partial charge in [-0.15, -0.1) is 0 Å². The van der Waals surface area contributed by atoms with Gasteiger partial charge in [-0.3, -0.25) is 9.88 Å². The zero-order chi connectivity index (χ0) is 16.3. The van der Waals surface area contributed by atoms with Crippen LogP contribution in [-0.2, 0) is 6.54 Å². The molecule has 2 aromatic rings. The predicted octanol–water partition coefficient (Wildman–Crippen LogP) is 2.71. The SMILES string of the molecule is Cc1cnccc1CN1CC[C@@](O)(COc2ccccc2C)C1. The van der Waals surface area contributed by atoms with E-state index in [1.807, 2.05) is 43.6 Å². The first-order valence-electron chi connectivity index (χ1n) is 8.08. The van der Waals surface area contributed by atoms with E-state index in [4.69, 9.17) is 4.74 Å². The molecule has 0 saturated carbocycles. The molecule has 4 heteroatoms. The molecule has 0 unspecified atom stereocenters. The zero-order valence-electron chi connectivity index (χ0n) is 13.8. The molecule has 23 heavy (non-hydrogen) atoms. The van der Waals surface area contributed by atoms with Crippen LogP contribution in [-0.4, -0.2) is 40.3 Å². The molecule has 1 aromatic heterocycles. The molecular weight excluding hydrogens is 288 g/mol. The Morgan fingerprint density at radius 3 is 2.83 bits per heavy atom. The van der Waals surface area contributed by atoms with Gasteiger partial charge in [-0.25, -0.2) is 0 Å². The van der Waals surface area contributed by atoms with Gasteiger partial charge in [0.1, 0.15) is 18.0 Å². The Balaban J connectivity index is 1.58. The second-order valence-corrected chi connectivity index (χ2v) is 6.54. The third kappa shape index (κ3) is 3.89. The van der Waals surface area contributed by atoms with Gasteiger partial charge in [0.2, 0.25) is 0 Å². The molecule has 3 rings (SSSR count). The van der Waals surface area contributed by atoms with E-state index in [2.05, 4.69) is 22.9 Å². The molecule has 1 atom stereocenters. The number of β-amino-alcohol motifs (C(OH)–C–C–N with tert-alkyl or cyclic N) is 1. The molecule has 4 nitrogen and oxygen atoms in total. The average Bonchev–Trinajstić information content (AvgIpc) is 2.90. The minimum absolute atomic E-state index is 0.337. The van der Waals surface area contributed by atoms with Gasteiger partial charge in [0.25, 0.3) is 0 Å². The van der Waals surface area contributed by atoms with Gasteiger partial charge in [-0.05, 0) is 49.1 Å². The lowest BCUT2D eigenvalue weighted by atomic mass is 10.1. The van der Waals surface area contributed by atoms with Crippen LogP contribution < -0.4 is 4.74 Å². The van der Waals surface area contributed by atoms with E-state index in [0.29, 0.717) is 13.2 Å². The summed E-state index contributed by atoms with van der Waals surface area (Å²) in [5, 5.41) is 10.8. The summed E-state index contributed by atoms with van der Waals surface area (Å²) in [6.07, 6.45) is 4.45. The fourth-order valence-corrected chi connectivity index (χ4v) is 3.04. The fourth-order valence-electron chi connectivity index (χ4n) is 3.04. The highest BCUT2D eigenvalue weighted by atomic mass is 16.5. The molecule has 0 aliphatic carbocycles. The maximum absolute atomic E-state index is 10.8. The first-order valence-corrected chi connectivity index (χ1v) is 8.08. The van der Waals surface area contributed by atoms with Crippen molar-refractivity contribution in [2.24, 2.45) is 0 Å². The maximum Gasteiger partial charge on any atom is 0.122 e. The first-order chi connectivity index (χ1) is 11.1. The van der Waals surface area contributed by atoms with E-state index in [-0.39, 0.29) is 0 Å². The van der Waals surface area contributed by atoms with Crippen molar-refractivity contribution in [3.63, 3.8) is 0 Å². The van der Waals surface area contributed by atoms with E-state index in [1.54, 1.807) is 0 Å². The molecular formula is C19H24N2O2. The van der Waals surface area contributed by atoms with Crippen LogP contribution in [0.3, 0.4) is 0 Å². The molecule has 1 aliphatic heterocycles. The predicted molar refractivity (Wildman–Crippen MR) is 90.5 cm³/mol. The second kappa shape index (κ2) is 6.69. The lowest BCUT2D eigenvalue weighted by molar-refractivity contribution is 0.00318. The number of likely N-dealkylation sites (tertiary alicyclic amines) is 1. The van der Waals surface area contributed by atoms with Crippen LogP contribution in [0.2, 0.25) is 0 Å². The van der Waals surface area contributed by atoms with E-state index >= 15 is 0 Å². The second-order valence-electron chi connectivity index (χ2n) is 6.54. The molecule has 0 amide bonds. The quantitative estimate of drug-likeness (QED) is 0.922. The van der Waals surface area contributed by atoms with Gasteiger partial charge >= 0.3 is 0 Å². The summed E-state index contributed by atoms with van der Waals surface area (Å²) in [6.45, 7) is 6.80. The molecule has 0 spiro atoms.